The van der Waals surface area contributed by atoms with Crippen LogP contribution in [0.4, 0.5) is 21.5 Å². The van der Waals surface area contributed by atoms with Crippen molar-refractivity contribution in [3.05, 3.63) is 95.3 Å². The molecule has 3 aliphatic rings. The number of fused-ring (bicyclic) bond motifs is 5. The van der Waals surface area contributed by atoms with Crippen LogP contribution in [0.2, 0.25) is 5.02 Å². The van der Waals surface area contributed by atoms with E-state index in [4.69, 9.17) is 11.6 Å². The van der Waals surface area contributed by atoms with E-state index >= 15 is 0 Å². The lowest BCUT2D eigenvalue weighted by Crippen LogP contribution is -2.50. The highest BCUT2D eigenvalue weighted by Crippen LogP contribution is 2.49. The van der Waals surface area contributed by atoms with Crippen LogP contribution in [0.15, 0.2) is 78.9 Å². The lowest BCUT2D eigenvalue weighted by atomic mass is 9.88. The van der Waals surface area contributed by atoms with Gasteiger partial charge in [-0.3, -0.25) is 14.4 Å². The standard InChI is InChI=1S/C27H19ClFN3O3/c28-16-9-11-18(12-10-16)30-25(33)24-23-22(21-13-8-15-4-1-2-7-20(15)32(21)24)26(34)31(27(23)35)19-6-3-5-17(29)14-19/h1-14,21-24H,(H,30,33)/t21-,22+,23-,24-/m0/s1. The molecule has 3 amide bonds. The number of para-hydroxylation sites is 1. The SMILES string of the molecule is O=C(Nc1ccc(Cl)cc1)[C@@H]1[C@H]2C(=O)N(c3cccc(F)c3)C(=O)[C@@H]2[C@@H]2C=Cc3ccccc3N12. The number of hydrogen-bond donors (Lipinski definition) is 1. The summed E-state index contributed by atoms with van der Waals surface area (Å²) in [5.74, 6) is -3.62. The van der Waals surface area contributed by atoms with Crippen LogP contribution >= 0.6 is 11.6 Å². The van der Waals surface area contributed by atoms with Crippen molar-refractivity contribution in [1.82, 2.24) is 0 Å². The van der Waals surface area contributed by atoms with Gasteiger partial charge in [0.05, 0.1) is 23.6 Å². The zero-order valence-electron chi connectivity index (χ0n) is 18.3. The lowest BCUT2D eigenvalue weighted by molar-refractivity contribution is -0.126. The van der Waals surface area contributed by atoms with Crippen LogP contribution in [0.5, 0.6) is 0 Å². The smallest absolute Gasteiger partial charge is 0.247 e. The average Bonchev–Trinajstić information content (AvgIpc) is 3.33. The zero-order chi connectivity index (χ0) is 24.3. The molecule has 3 aromatic rings. The van der Waals surface area contributed by atoms with Gasteiger partial charge in [0, 0.05) is 16.4 Å². The number of hydrogen-bond acceptors (Lipinski definition) is 4. The Morgan fingerprint density at radius 1 is 0.914 bits per heavy atom. The number of carbonyl (C=O) groups is 3. The second kappa shape index (κ2) is 8.06. The molecular weight excluding hydrogens is 469 g/mol. The molecule has 0 saturated carbocycles. The number of benzene rings is 3. The molecule has 0 unspecified atom stereocenters. The molecule has 3 aromatic carbocycles. The largest absolute Gasteiger partial charge is 0.351 e. The highest BCUT2D eigenvalue weighted by Gasteiger charge is 2.64. The van der Waals surface area contributed by atoms with Crippen LogP contribution < -0.4 is 15.1 Å². The Morgan fingerprint density at radius 3 is 2.43 bits per heavy atom. The summed E-state index contributed by atoms with van der Waals surface area (Å²) in [4.78, 5) is 43.9. The second-order valence-electron chi connectivity index (χ2n) is 8.80. The van der Waals surface area contributed by atoms with Gasteiger partial charge in [-0.25, -0.2) is 9.29 Å². The number of carbonyl (C=O) groups excluding carboxylic acids is 3. The maximum absolute atomic E-state index is 13.9. The number of imide groups is 1. The molecule has 2 fully saturated rings. The topological polar surface area (TPSA) is 69.7 Å². The summed E-state index contributed by atoms with van der Waals surface area (Å²) in [7, 11) is 0. The highest BCUT2D eigenvalue weighted by molar-refractivity contribution is 6.30. The van der Waals surface area contributed by atoms with E-state index in [1.165, 1.54) is 18.2 Å². The Labute approximate surface area is 205 Å². The summed E-state index contributed by atoms with van der Waals surface area (Å²) in [5, 5.41) is 3.41. The molecule has 3 heterocycles. The van der Waals surface area contributed by atoms with Crippen molar-refractivity contribution in [1.29, 1.82) is 0 Å². The number of halogens is 2. The zero-order valence-corrected chi connectivity index (χ0v) is 19.0. The lowest BCUT2D eigenvalue weighted by Gasteiger charge is -2.36. The number of rotatable bonds is 3. The summed E-state index contributed by atoms with van der Waals surface area (Å²) in [5.41, 5.74) is 2.37. The normalized spacial score (nSPS) is 24.3. The minimum Gasteiger partial charge on any atom is -0.351 e. The van der Waals surface area contributed by atoms with Gasteiger partial charge in [-0.2, -0.15) is 0 Å². The predicted octanol–water partition coefficient (Wildman–Crippen LogP) is 4.51. The molecule has 0 bridgehead atoms. The molecule has 3 aliphatic heterocycles. The first-order chi connectivity index (χ1) is 16.9. The molecule has 1 N–H and O–H groups in total. The first-order valence-corrected chi connectivity index (χ1v) is 11.6. The molecule has 174 valence electrons. The molecule has 6 nitrogen and oxygen atoms in total. The van der Waals surface area contributed by atoms with Crippen molar-refractivity contribution in [2.24, 2.45) is 11.8 Å². The van der Waals surface area contributed by atoms with E-state index in [0.29, 0.717) is 10.7 Å². The van der Waals surface area contributed by atoms with Gasteiger partial charge in [-0.1, -0.05) is 48.0 Å². The van der Waals surface area contributed by atoms with Crippen molar-refractivity contribution in [3.63, 3.8) is 0 Å². The van der Waals surface area contributed by atoms with Crippen molar-refractivity contribution in [2.45, 2.75) is 12.1 Å². The first-order valence-electron chi connectivity index (χ1n) is 11.2. The van der Waals surface area contributed by atoms with Crippen LogP contribution in [-0.2, 0) is 14.4 Å². The van der Waals surface area contributed by atoms with E-state index in [-0.39, 0.29) is 5.69 Å². The van der Waals surface area contributed by atoms with Crippen LogP contribution in [0.25, 0.3) is 6.08 Å². The van der Waals surface area contributed by atoms with E-state index in [2.05, 4.69) is 5.32 Å². The third-order valence-corrected chi connectivity index (χ3v) is 7.11. The average molecular weight is 488 g/mol. The Kier molecular flexibility index (Phi) is 4.96. The molecule has 0 spiro atoms. The summed E-state index contributed by atoms with van der Waals surface area (Å²) < 4.78 is 13.9. The third kappa shape index (κ3) is 3.34. The van der Waals surface area contributed by atoms with Gasteiger partial charge in [0.25, 0.3) is 0 Å². The van der Waals surface area contributed by atoms with E-state index in [1.807, 2.05) is 41.3 Å². The van der Waals surface area contributed by atoms with E-state index < -0.39 is 47.5 Å². The molecule has 4 atom stereocenters. The number of nitrogens with one attached hydrogen (secondary N) is 1. The van der Waals surface area contributed by atoms with E-state index in [1.54, 1.807) is 24.3 Å². The van der Waals surface area contributed by atoms with Crippen LogP contribution in [-0.4, -0.2) is 29.8 Å². The molecule has 0 aromatic heterocycles. The fourth-order valence-electron chi connectivity index (χ4n) is 5.43. The molecule has 35 heavy (non-hydrogen) atoms. The molecule has 0 aliphatic carbocycles. The minimum absolute atomic E-state index is 0.165. The minimum atomic E-state index is -0.943. The Balaban J connectivity index is 1.44. The summed E-state index contributed by atoms with van der Waals surface area (Å²) in [6.07, 6.45) is 3.78. The van der Waals surface area contributed by atoms with Crippen LogP contribution in [0, 0.1) is 17.7 Å². The quantitative estimate of drug-likeness (QED) is 0.552. The summed E-state index contributed by atoms with van der Waals surface area (Å²) in [6, 6.07) is 18.2. The fourth-order valence-corrected chi connectivity index (χ4v) is 5.56. The van der Waals surface area contributed by atoms with Gasteiger partial charge < -0.3 is 10.2 Å². The van der Waals surface area contributed by atoms with Gasteiger partial charge in [0.2, 0.25) is 17.7 Å². The Morgan fingerprint density at radius 2 is 1.66 bits per heavy atom. The molecule has 6 rings (SSSR count). The second-order valence-corrected chi connectivity index (χ2v) is 9.24. The highest BCUT2D eigenvalue weighted by atomic mass is 35.5. The van der Waals surface area contributed by atoms with Gasteiger partial charge in [-0.15, -0.1) is 0 Å². The van der Waals surface area contributed by atoms with Crippen molar-refractivity contribution in [2.75, 3.05) is 15.1 Å². The van der Waals surface area contributed by atoms with Crippen LogP contribution in [0.1, 0.15) is 5.56 Å². The monoisotopic (exact) mass is 487 g/mol. The number of amides is 3. The maximum atomic E-state index is 13.9. The van der Waals surface area contributed by atoms with Crippen LogP contribution in [0.3, 0.4) is 0 Å². The molecule has 0 radical (unpaired) electrons. The van der Waals surface area contributed by atoms with Crippen molar-refractivity contribution in [3.8, 4) is 0 Å². The van der Waals surface area contributed by atoms with Gasteiger partial charge in [0.1, 0.15) is 11.9 Å². The predicted molar refractivity (Wildman–Crippen MR) is 131 cm³/mol. The number of nitrogens with zero attached hydrogens (tertiary/aromatic N) is 2. The van der Waals surface area contributed by atoms with E-state index in [9.17, 15) is 18.8 Å². The van der Waals surface area contributed by atoms with Crippen molar-refractivity contribution < 1.29 is 18.8 Å². The fraction of sp³-hybridized carbons (Fsp3) is 0.148. The number of anilines is 3. The molecule has 2 saturated heterocycles. The Bertz CT molecular complexity index is 1410. The summed E-state index contributed by atoms with van der Waals surface area (Å²) in [6.45, 7) is 0. The van der Waals surface area contributed by atoms with Gasteiger partial charge >= 0.3 is 0 Å². The first kappa shape index (κ1) is 21.6. The van der Waals surface area contributed by atoms with E-state index in [0.717, 1.165) is 22.2 Å². The summed E-state index contributed by atoms with van der Waals surface area (Å²) >= 11 is 5.97. The van der Waals surface area contributed by atoms with Crippen molar-refractivity contribution >= 4 is 52.5 Å². The van der Waals surface area contributed by atoms with Gasteiger partial charge in [-0.05, 0) is 54.1 Å². The Hall–Kier alpha value is -3.97. The van der Waals surface area contributed by atoms with Gasteiger partial charge in [0.15, 0.2) is 0 Å². The molecule has 8 heteroatoms. The maximum Gasteiger partial charge on any atom is 0.247 e. The molecular formula is C27H19ClFN3O3. The third-order valence-electron chi connectivity index (χ3n) is 6.86.